The molecule has 1 aliphatic heterocycles. The van der Waals surface area contributed by atoms with Crippen molar-refractivity contribution in [1.82, 2.24) is 10.2 Å². The lowest BCUT2D eigenvalue weighted by atomic mass is 9.91. The molecule has 0 spiro atoms. The summed E-state index contributed by atoms with van der Waals surface area (Å²) >= 11 is 0. The monoisotopic (exact) mass is 386 g/mol. The van der Waals surface area contributed by atoms with Gasteiger partial charge in [0.1, 0.15) is 0 Å². The molecule has 1 aliphatic carbocycles. The van der Waals surface area contributed by atoms with Gasteiger partial charge in [0.25, 0.3) is 0 Å². The number of benzene rings is 1. The van der Waals surface area contributed by atoms with Gasteiger partial charge in [0.2, 0.25) is 5.91 Å². The van der Waals surface area contributed by atoms with Gasteiger partial charge < -0.3 is 15.3 Å². The average molecular weight is 386 g/mol. The molecule has 3 atom stereocenters. The van der Waals surface area contributed by atoms with E-state index < -0.39 is 12.1 Å². The maximum Gasteiger partial charge on any atom is 0.490 e. The van der Waals surface area contributed by atoms with Crippen molar-refractivity contribution in [2.45, 2.75) is 38.9 Å². The molecule has 2 N–H and O–H groups in total. The predicted molar refractivity (Wildman–Crippen MR) is 94.2 cm³/mol. The van der Waals surface area contributed by atoms with Gasteiger partial charge in [0, 0.05) is 30.3 Å². The number of carbonyl (C=O) groups is 2. The molecule has 0 bridgehead atoms. The van der Waals surface area contributed by atoms with Crippen LogP contribution in [-0.4, -0.2) is 48.2 Å². The highest BCUT2D eigenvalue weighted by Gasteiger charge is 2.46. The third-order valence-electron chi connectivity index (χ3n) is 4.92. The van der Waals surface area contributed by atoms with E-state index in [1.165, 1.54) is 11.1 Å². The van der Waals surface area contributed by atoms with Crippen molar-refractivity contribution in [3.05, 3.63) is 35.4 Å². The van der Waals surface area contributed by atoms with Crippen molar-refractivity contribution in [3.8, 4) is 0 Å². The fourth-order valence-corrected chi connectivity index (χ4v) is 3.60. The first-order valence-corrected chi connectivity index (χ1v) is 8.71. The van der Waals surface area contributed by atoms with E-state index in [-0.39, 0.29) is 17.4 Å². The SMILES string of the molecule is CN1C[C@@H]2[C@H](NC(=O)C(C)(C)C)c3ccccc3[C@@H]2C1.O=C(O)C(F)(F)F. The van der Waals surface area contributed by atoms with E-state index in [9.17, 15) is 18.0 Å². The number of carbonyl (C=O) groups excluding carboxylic acids is 1. The second-order valence-corrected chi connectivity index (χ2v) is 8.12. The van der Waals surface area contributed by atoms with Crippen LogP contribution in [0.4, 0.5) is 13.2 Å². The standard InChI is InChI=1S/C17H24N2O.C2HF3O2/c1-17(2,3)16(20)18-15-12-8-6-5-7-11(12)13-9-19(4)10-14(13)15;3-2(4,5)1(6)7/h5-8,13-15H,9-10H2,1-4H3,(H,18,20);(H,6,7)/t13-,14-,15+;/m0./s1. The van der Waals surface area contributed by atoms with Crippen LogP contribution in [0.15, 0.2) is 24.3 Å². The summed E-state index contributed by atoms with van der Waals surface area (Å²) in [6.45, 7) is 8.09. The number of amides is 1. The molecule has 1 heterocycles. The van der Waals surface area contributed by atoms with Crippen LogP contribution in [0.5, 0.6) is 0 Å². The Morgan fingerprint density at radius 1 is 1.11 bits per heavy atom. The maximum atomic E-state index is 12.4. The summed E-state index contributed by atoms with van der Waals surface area (Å²) in [5.74, 6) is -1.52. The Kier molecular flexibility index (Phi) is 5.89. The molecule has 3 rings (SSSR count). The molecular weight excluding hydrogens is 361 g/mol. The number of carboxylic acid groups (broad SMARTS) is 1. The summed E-state index contributed by atoms with van der Waals surface area (Å²) in [5.41, 5.74) is 2.42. The third-order valence-corrected chi connectivity index (χ3v) is 4.92. The van der Waals surface area contributed by atoms with Crippen LogP contribution >= 0.6 is 0 Å². The van der Waals surface area contributed by atoms with Gasteiger partial charge in [-0.1, -0.05) is 45.0 Å². The first-order chi connectivity index (χ1) is 12.3. The van der Waals surface area contributed by atoms with Crippen molar-refractivity contribution in [2.75, 3.05) is 20.1 Å². The molecule has 5 nitrogen and oxygen atoms in total. The molecule has 0 saturated carbocycles. The van der Waals surface area contributed by atoms with Crippen LogP contribution < -0.4 is 5.32 Å². The second kappa shape index (κ2) is 7.50. The normalized spacial score (nSPS) is 24.5. The van der Waals surface area contributed by atoms with E-state index in [1.807, 2.05) is 20.8 Å². The van der Waals surface area contributed by atoms with E-state index in [0.717, 1.165) is 13.1 Å². The zero-order valence-corrected chi connectivity index (χ0v) is 15.8. The van der Waals surface area contributed by atoms with Crippen LogP contribution in [-0.2, 0) is 9.59 Å². The third kappa shape index (κ3) is 4.80. The molecule has 1 fully saturated rings. The van der Waals surface area contributed by atoms with Gasteiger partial charge in [-0.3, -0.25) is 4.79 Å². The van der Waals surface area contributed by atoms with Crippen LogP contribution in [0.2, 0.25) is 0 Å². The smallest absolute Gasteiger partial charge is 0.475 e. The minimum Gasteiger partial charge on any atom is -0.475 e. The molecule has 1 aromatic carbocycles. The zero-order chi connectivity index (χ0) is 20.6. The summed E-state index contributed by atoms with van der Waals surface area (Å²) in [5, 5.41) is 10.4. The van der Waals surface area contributed by atoms with E-state index in [0.29, 0.717) is 11.8 Å². The number of nitrogens with zero attached hydrogens (tertiary/aromatic N) is 1. The molecule has 1 saturated heterocycles. The van der Waals surface area contributed by atoms with Crippen molar-refractivity contribution < 1.29 is 27.9 Å². The quantitative estimate of drug-likeness (QED) is 0.778. The molecule has 0 aromatic heterocycles. The summed E-state index contributed by atoms with van der Waals surface area (Å²) < 4.78 is 31.7. The van der Waals surface area contributed by atoms with Gasteiger partial charge in [0.15, 0.2) is 0 Å². The molecule has 2 aliphatic rings. The van der Waals surface area contributed by atoms with Gasteiger partial charge in [-0.15, -0.1) is 0 Å². The molecule has 1 aromatic rings. The largest absolute Gasteiger partial charge is 0.490 e. The molecule has 27 heavy (non-hydrogen) atoms. The van der Waals surface area contributed by atoms with Crippen LogP contribution in [0.25, 0.3) is 0 Å². The number of hydrogen-bond donors (Lipinski definition) is 2. The number of alkyl halides is 3. The Hall–Kier alpha value is -2.09. The summed E-state index contributed by atoms with van der Waals surface area (Å²) in [4.78, 5) is 23.6. The molecule has 150 valence electrons. The summed E-state index contributed by atoms with van der Waals surface area (Å²) in [7, 11) is 2.17. The molecule has 0 radical (unpaired) electrons. The summed E-state index contributed by atoms with van der Waals surface area (Å²) in [6.07, 6.45) is -5.08. The van der Waals surface area contributed by atoms with Crippen LogP contribution in [0.1, 0.15) is 43.9 Å². The van der Waals surface area contributed by atoms with Crippen molar-refractivity contribution in [2.24, 2.45) is 11.3 Å². The highest BCUT2D eigenvalue weighted by molar-refractivity contribution is 5.82. The fraction of sp³-hybridized carbons (Fsp3) is 0.579. The lowest BCUT2D eigenvalue weighted by Crippen LogP contribution is -2.39. The first kappa shape index (κ1) is 21.2. The Morgan fingerprint density at radius 3 is 2.11 bits per heavy atom. The van der Waals surface area contributed by atoms with Gasteiger partial charge in [0.05, 0.1) is 6.04 Å². The van der Waals surface area contributed by atoms with Crippen LogP contribution in [0.3, 0.4) is 0 Å². The minimum atomic E-state index is -5.08. The molecule has 0 unspecified atom stereocenters. The number of aliphatic carboxylic acids is 1. The number of rotatable bonds is 1. The number of fused-ring (bicyclic) bond motifs is 3. The highest BCUT2D eigenvalue weighted by Crippen LogP contribution is 2.48. The zero-order valence-electron chi connectivity index (χ0n) is 15.8. The van der Waals surface area contributed by atoms with Gasteiger partial charge in [-0.25, -0.2) is 4.79 Å². The number of nitrogens with one attached hydrogen (secondary N) is 1. The van der Waals surface area contributed by atoms with E-state index in [1.54, 1.807) is 0 Å². The molecule has 8 heteroatoms. The van der Waals surface area contributed by atoms with Crippen molar-refractivity contribution in [1.29, 1.82) is 0 Å². The van der Waals surface area contributed by atoms with E-state index in [2.05, 4.69) is 41.5 Å². The maximum absolute atomic E-state index is 12.4. The van der Waals surface area contributed by atoms with E-state index in [4.69, 9.17) is 9.90 Å². The first-order valence-electron chi connectivity index (χ1n) is 8.71. The Labute approximate surface area is 156 Å². The number of carboxylic acids is 1. The number of likely N-dealkylation sites (N-methyl/N-ethyl adjacent to an activating group) is 1. The Morgan fingerprint density at radius 2 is 1.63 bits per heavy atom. The average Bonchev–Trinajstić information content (AvgIpc) is 3.03. The Balaban J connectivity index is 0.000000321. The van der Waals surface area contributed by atoms with E-state index >= 15 is 0 Å². The van der Waals surface area contributed by atoms with Crippen molar-refractivity contribution in [3.63, 3.8) is 0 Å². The molecular formula is C19H25F3N2O3. The number of hydrogen-bond acceptors (Lipinski definition) is 3. The lowest BCUT2D eigenvalue weighted by Gasteiger charge is -2.26. The minimum absolute atomic E-state index is 0.146. The Bertz CT molecular complexity index is 713. The lowest BCUT2D eigenvalue weighted by molar-refractivity contribution is -0.192. The van der Waals surface area contributed by atoms with Gasteiger partial charge >= 0.3 is 12.1 Å². The summed E-state index contributed by atoms with van der Waals surface area (Å²) in [6, 6.07) is 8.78. The van der Waals surface area contributed by atoms with Gasteiger partial charge in [-0.2, -0.15) is 13.2 Å². The number of likely N-dealkylation sites (tertiary alicyclic amines) is 1. The topological polar surface area (TPSA) is 69.6 Å². The van der Waals surface area contributed by atoms with Crippen molar-refractivity contribution >= 4 is 11.9 Å². The second-order valence-electron chi connectivity index (χ2n) is 8.12. The highest BCUT2D eigenvalue weighted by atomic mass is 19.4. The predicted octanol–water partition coefficient (Wildman–Crippen LogP) is 3.18. The fourth-order valence-electron chi connectivity index (χ4n) is 3.60. The number of halogens is 3. The molecule has 1 amide bonds. The van der Waals surface area contributed by atoms with Gasteiger partial charge in [-0.05, 0) is 18.2 Å². The van der Waals surface area contributed by atoms with Crippen LogP contribution in [0, 0.1) is 11.3 Å².